The summed E-state index contributed by atoms with van der Waals surface area (Å²) in [6, 6.07) is 0. The smallest absolute Gasteiger partial charge is 0.407 e. The van der Waals surface area contributed by atoms with E-state index in [1.807, 2.05) is 20.8 Å². The average Bonchev–Trinajstić information content (AvgIpc) is 2.98. The standard InChI is InChI=1S/C29H57NO15/c1-29(2,3)45-28(33)30-4-5-34-6-7-35-8-9-36-10-11-37-12-13-38-14-15-39-16-17-40-18-19-41-20-21-42-22-23-43-24-25-44-26-27(31)32/h4-26H2,1-3H3,(H,30,33)(H,31,32). The summed E-state index contributed by atoms with van der Waals surface area (Å²) < 4.78 is 64.0. The molecular formula is C29H57NO15. The molecule has 0 spiro atoms. The third-order valence-electron chi connectivity index (χ3n) is 4.86. The number of nitrogens with one attached hydrogen (secondary N) is 1. The number of amides is 1. The van der Waals surface area contributed by atoms with Gasteiger partial charge in [0.05, 0.1) is 139 Å². The molecule has 1 amide bonds. The van der Waals surface area contributed by atoms with Crippen molar-refractivity contribution in [3.05, 3.63) is 0 Å². The molecule has 2 N–H and O–H groups in total. The molecule has 0 aromatic heterocycles. The Morgan fingerprint density at radius 1 is 0.444 bits per heavy atom. The number of hydrogen-bond donors (Lipinski definition) is 2. The number of carboxylic acids is 1. The van der Waals surface area contributed by atoms with Crippen molar-refractivity contribution < 1.29 is 71.5 Å². The minimum absolute atomic E-state index is 0.237. The van der Waals surface area contributed by atoms with Crippen molar-refractivity contribution in [2.24, 2.45) is 0 Å². The zero-order chi connectivity index (χ0) is 33.1. The zero-order valence-electron chi connectivity index (χ0n) is 27.4. The normalized spacial score (nSPS) is 11.6. The van der Waals surface area contributed by atoms with E-state index < -0.39 is 17.7 Å². The van der Waals surface area contributed by atoms with E-state index >= 15 is 0 Å². The molecule has 0 saturated heterocycles. The van der Waals surface area contributed by atoms with Gasteiger partial charge in [0.2, 0.25) is 0 Å². The van der Waals surface area contributed by atoms with Crippen LogP contribution in [0.25, 0.3) is 0 Å². The summed E-state index contributed by atoms with van der Waals surface area (Å²) in [4.78, 5) is 21.7. The van der Waals surface area contributed by atoms with Gasteiger partial charge in [-0.2, -0.15) is 0 Å². The van der Waals surface area contributed by atoms with Gasteiger partial charge < -0.3 is 67.3 Å². The van der Waals surface area contributed by atoms with E-state index in [0.29, 0.717) is 139 Å². The van der Waals surface area contributed by atoms with Crippen molar-refractivity contribution >= 4 is 12.1 Å². The van der Waals surface area contributed by atoms with Crippen LogP contribution < -0.4 is 5.32 Å². The largest absolute Gasteiger partial charge is 0.480 e. The number of ether oxygens (including phenoxy) is 12. The van der Waals surface area contributed by atoms with Gasteiger partial charge in [0, 0.05) is 6.54 Å². The molecule has 45 heavy (non-hydrogen) atoms. The molecule has 0 aromatic rings. The Labute approximate surface area is 267 Å². The first-order valence-corrected chi connectivity index (χ1v) is 15.3. The molecule has 0 aliphatic heterocycles. The third-order valence-corrected chi connectivity index (χ3v) is 4.86. The fourth-order valence-electron chi connectivity index (χ4n) is 2.90. The Kier molecular flexibility index (Phi) is 32.4. The van der Waals surface area contributed by atoms with E-state index in [2.05, 4.69) is 5.32 Å². The fourth-order valence-corrected chi connectivity index (χ4v) is 2.90. The molecule has 0 fully saturated rings. The van der Waals surface area contributed by atoms with Gasteiger partial charge in [-0.15, -0.1) is 0 Å². The van der Waals surface area contributed by atoms with Gasteiger partial charge in [0.25, 0.3) is 0 Å². The highest BCUT2D eigenvalue weighted by Gasteiger charge is 2.15. The van der Waals surface area contributed by atoms with Crippen molar-refractivity contribution in [2.45, 2.75) is 26.4 Å². The average molecular weight is 660 g/mol. The monoisotopic (exact) mass is 659 g/mol. The van der Waals surface area contributed by atoms with Gasteiger partial charge in [-0.05, 0) is 20.8 Å². The van der Waals surface area contributed by atoms with Crippen molar-refractivity contribution in [3.8, 4) is 0 Å². The van der Waals surface area contributed by atoms with Gasteiger partial charge in [-0.25, -0.2) is 9.59 Å². The minimum atomic E-state index is -0.999. The summed E-state index contributed by atoms with van der Waals surface area (Å²) >= 11 is 0. The summed E-state index contributed by atoms with van der Waals surface area (Å²) in [5, 5.41) is 11.0. The maximum Gasteiger partial charge on any atom is 0.407 e. The molecule has 268 valence electrons. The number of alkyl carbamates (subject to hydrolysis) is 1. The molecule has 0 radical (unpaired) electrons. The lowest BCUT2D eigenvalue weighted by Gasteiger charge is -2.19. The van der Waals surface area contributed by atoms with Crippen LogP contribution in [0.2, 0.25) is 0 Å². The second kappa shape index (κ2) is 33.7. The molecule has 0 saturated carbocycles. The highest BCUT2D eigenvalue weighted by atomic mass is 16.6. The summed E-state index contributed by atoms with van der Waals surface area (Å²) in [5.74, 6) is -0.999. The lowest BCUT2D eigenvalue weighted by molar-refractivity contribution is -0.142. The fraction of sp³-hybridized carbons (Fsp3) is 0.931. The van der Waals surface area contributed by atoms with Crippen LogP contribution in [0.5, 0.6) is 0 Å². The van der Waals surface area contributed by atoms with E-state index in [-0.39, 0.29) is 13.2 Å². The second-order valence-corrected chi connectivity index (χ2v) is 10.00. The molecule has 0 aliphatic rings. The molecule has 0 aromatic carbocycles. The highest BCUT2D eigenvalue weighted by molar-refractivity contribution is 5.68. The molecule has 0 unspecified atom stereocenters. The minimum Gasteiger partial charge on any atom is -0.480 e. The van der Waals surface area contributed by atoms with Crippen LogP contribution in [0.15, 0.2) is 0 Å². The number of rotatable bonds is 35. The predicted octanol–water partition coefficient (Wildman–Crippen LogP) is 0.778. The quantitative estimate of drug-likeness (QED) is 0.0912. The Bertz CT molecular complexity index is 652. The number of carbonyl (C=O) groups excluding carboxylic acids is 1. The number of aliphatic carboxylic acids is 1. The van der Waals surface area contributed by atoms with Crippen LogP contribution in [0.1, 0.15) is 20.8 Å². The molecule has 0 aliphatic carbocycles. The van der Waals surface area contributed by atoms with Gasteiger partial charge in [0.1, 0.15) is 12.2 Å². The summed E-state index contributed by atoms with van der Waals surface area (Å²) in [6.45, 7) is 14.8. The Hall–Kier alpha value is -1.70. The van der Waals surface area contributed by atoms with E-state index in [1.165, 1.54) is 0 Å². The van der Waals surface area contributed by atoms with Crippen LogP contribution in [-0.2, 0) is 61.6 Å². The molecule has 0 rings (SSSR count). The highest BCUT2D eigenvalue weighted by Crippen LogP contribution is 2.06. The Balaban J connectivity index is 3.10. The van der Waals surface area contributed by atoms with Gasteiger partial charge in [-0.3, -0.25) is 0 Å². The van der Waals surface area contributed by atoms with Crippen LogP contribution >= 0.6 is 0 Å². The van der Waals surface area contributed by atoms with Crippen LogP contribution in [0.4, 0.5) is 4.79 Å². The van der Waals surface area contributed by atoms with Gasteiger partial charge in [-0.1, -0.05) is 0 Å². The topological polar surface area (TPSA) is 177 Å². The van der Waals surface area contributed by atoms with E-state index in [0.717, 1.165) is 0 Å². The van der Waals surface area contributed by atoms with Crippen LogP contribution in [-0.4, -0.2) is 175 Å². The van der Waals surface area contributed by atoms with Crippen LogP contribution in [0.3, 0.4) is 0 Å². The summed E-state index contributed by atoms with van der Waals surface area (Å²) in [6.07, 6.45) is -0.458. The molecule has 0 atom stereocenters. The second-order valence-electron chi connectivity index (χ2n) is 10.00. The van der Waals surface area contributed by atoms with Gasteiger partial charge in [0.15, 0.2) is 0 Å². The lowest BCUT2D eigenvalue weighted by atomic mass is 10.2. The maximum absolute atomic E-state index is 11.5. The Morgan fingerprint density at radius 3 is 0.933 bits per heavy atom. The van der Waals surface area contributed by atoms with Crippen LogP contribution in [0, 0.1) is 0 Å². The van der Waals surface area contributed by atoms with Crippen molar-refractivity contribution in [3.63, 3.8) is 0 Å². The first kappa shape index (κ1) is 43.3. The molecule has 0 bridgehead atoms. The summed E-state index contributed by atoms with van der Waals surface area (Å²) in [7, 11) is 0. The van der Waals surface area contributed by atoms with Crippen molar-refractivity contribution in [1.29, 1.82) is 0 Å². The first-order chi connectivity index (χ1) is 21.8. The number of hydrogen-bond acceptors (Lipinski definition) is 14. The number of carbonyl (C=O) groups is 2. The number of carboxylic acid groups (broad SMARTS) is 1. The predicted molar refractivity (Wildman–Crippen MR) is 161 cm³/mol. The zero-order valence-corrected chi connectivity index (χ0v) is 27.4. The van der Waals surface area contributed by atoms with Crippen molar-refractivity contribution in [1.82, 2.24) is 5.32 Å². The third kappa shape index (κ3) is 40.3. The molecule has 16 heteroatoms. The van der Waals surface area contributed by atoms with Gasteiger partial charge >= 0.3 is 12.1 Å². The first-order valence-electron chi connectivity index (χ1n) is 15.3. The maximum atomic E-state index is 11.5. The van der Waals surface area contributed by atoms with Crippen molar-refractivity contribution in [2.75, 3.05) is 152 Å². The van der Waals surface area contributed by atoms with E-state index in [1.54, 1.807) is 0 Å². The summed E-state index contributed by atoms with van der Waals surface area (Å²) in [5.41, 5.74) is -0.516. The Morgan fingerprint density at radius 2 is 0.689 bits per heavy atom. The molecule has 16 nitrogen and oxygen atoms in total. The molecular weight excluding hydrogens is 602 g/mol. The van der Waals surface area contributed by atoms with E-state index in [4.69, 9.17) is 61.9 Å². The SMILES string of the molecule is CC(C)(C)OC(=O)NCCOCCOCCOCCOCCOCCOCCOCCOCCOCCOCCOCC(=O)O. The van der Waals surface area contributed by atoms with E-state index in [9.17, 15) is 9.59 Å². The lowest BCUT2D eigenvalue weighted by Crippen LogP contribution is -2.34. The molecule has 0 heterocycles.